The van der Waals surface area contributed by atoms with Crippen LogP contribution in [-0.2, 0) is 18.4 Å². The third-order valence-corrected chi connectivity index (χ3v) is 5.30. The summed E-state index contributed by atoms with van der Waals surface area (Å²) in [5.41, 5.74) is 5.40. The minimum absolute atomic E-state index is 0.0575. The Hall–Kier alpha value is -3.40. The first kappa shape index (κ1) is 22.3. The number of amides is 2. The third kappa shape index (κ3) is 6.05. The van der Waals surface area contributed by atoms with Crippen molar-refractivity contribution in [3.8, 4) is 0 Å². The predicted octanol–water partition coefficient (Wildman–Crippen LogP) is 5.73. The molecule has 0 fully saturated rings. The van der Waals surface area contributed by atoms with E-state index in [0.717, 1.165) is 17.7 Å². The lowest BCUT2D eigenvalue weighted by molar-refractivity contribution is 0.0949. The molecular weight excluding hydrogens is 384 g/mol. The van der Waals surface area contributed by atoms with E-state index in [2.05, 4.69) is 38.3 Å². The maximum absolute atomic E-state index is 12.4. The fraction of sp³-hybridized carbons (Fsp3) is 0.259. The number of anilines is 1. The van der Waals surface area contributed by atoms with Crippen molar-refractivity contribution >= 4 is 17.5 Å². The quantitative estimate of drug-likeness (QED) is 0.541. The van der Waals surface area contributed by atoms with E-state index >= 15 is 0 Å². The highest BCUT2D eigenvalue weighted by molar-refractivity contribution is 6.04. The van der Waals surface area contributed by atoms with Gasteiger partial charge >= 0.3 is 0 Å². The van der Waals surface area contributed by atoms with Crippen molar-refractivity contribution < 1.29 is 9.59 Å². The Morgan fingerprint density at radius 1 is 0.710 bits per heavy atom. The second kappa shape index (κ2) is 9.61. The van der Waals surface area contributed by atoms with Crippen LogP contribution in [0.5, 0.6) is 0 Å². The molecule has 0 aliphatic carbocycles. The number of hydrogen-bond donors (Lipinski definition) is 2. The second-order valence-corrected chi connectivity index (χ2v) is 8.71. The van der Waals surface area contributed by atoms with Crippen LogP contribution < -0.4 is 10.6 Å². The summed E-state index contributed by atoms with van der Waals surface area (Å²) >= 11 is 0. The van der Waals surface area contributed by atoms with Gasteiger partial charge in [-0.25, -0.2) is 0 Å². The Balaban J connectivity index is 1.55. The standard InChI is InChI=1S/C27H30N2O2/c1-5-19-8-16-24(17-9-19)29-26(31)22-10-6-20(7-11-22)18-28-25(30)21-12-14-23(15-13-21)27(2,3)4/h6-17H,5,18H2,1-4H3,(H,28,30)(H,29,31). The summed E-state index contributed by atoms with van der Waals surface area (Å²) in [4.78, 5) is 24.9. The topological polar surface area (TPSA) is 58.2 Å². The molecule has 3 aromatic rings. The van der Waals surface area contributed by atoms with E-state index in [4.69, 9.17) is 0 Å². The average Bonchev–Trinajstić information content (AvgIpc) is 2.78. The highest BCUT2D eigenvalue weighted by atomic mass is 16.2. The Labute approximate surface area is 184 Å². The van der Waals surface area contributed by atoms with E-state index in [9.17, 15) is 9.59 Å². The van der Waals surface area contributed by atoms with Crippen molar-refractivity contribution in [2.45, 2.75) is 46.1 Å². The molecule has 0 saturated carbocycles. The van der Waals surface area contributed by atoms with E-state index in [1.165, 1.54) is 11.1 Å². The van der Waals surface area contributed by atoms with Crippen molar-refractivity contribution in [3.05, 3.63) is 101 Å². The molecule has 0 aliphatic rings. The van der Waals surface area contributed by atoms with Crippen LogP contribution in [0, 0.1) is 0 Å². The van der Waals surface area contributed by atoms with Crippen molar-refractivity contribution in [1.29, 1.82) is 0 Å². The number of rotatable bonds is 6. The third-order valence-electron chi connectivity index (χ3n) is 5.30. The summed E-state index contributed by atoms with van der Waals surface area (Å²) in [6.45, 7) is 8.94. The largest absolute Gasteiger partial charge is 0.348 e. The molecule has 4 heteroatoms. The van der Waals surface area contributed by atoms with Gasteiger partial charge in [0.15, 0.2) is 0 Å². The van der Waals surface area contributed by atoms with E-state index in [0.29, 0.717) is 17.7 Å². The minimum atomic E-state index is -0.154. The Bertz CT molecular complexity index is 1030. The van der Waals surface area contributed by atoms with Gasteiger partial charge in [0.05, 0.1) is 0 Å². The van der Waals surface area contributed by atoms with E-state index in [1.54, 1.807) is 12.1 Å². The molecule has 31 heavy (non-hydrogen) atoms. The SMILES string of the molecule is CCc1ccc(NC(=O)c2ccc(CNC(=O)c3ccc(C(C)(C)C)cc3)cc2)cc1. The molecule has 160 valence electrons. The molecule has 3 aromatic carbocycles. The number of hydrogen-bond acceptors (Lipinski definition) is 2. The first-order valence-corrected chi connectivity index (χ1v) is 10.6. The van der Waals surface area contributed by atoms with Gasteiger partial charge < -0.3 is 10.6 Å². The molecule has 0 radical (unpaired) electrons. The van der Waals surface area contributed by atoms with Gasteiger partial charge in [0.2, 0.25) is 0 Å². The van der Waals surface area contributed by atoms with Gasteiger partial charge in [-0.1, -0.05) is 64.1 Å². The molecule has 0 atom stereocenters. The van der Waals surface area contributed by atoms with Crippen LogP contribution in [0.4, 0.5) is 5.69 Å². The molecule has 0 spiro atoms. The van der Waals surface area contributed by atoms with Crippen LogP contribution in [0.15, 0.2) is 72.8 Å². The van der Waals surface area contributed by atoms with Crippen LogP contribution in [0.3, 0.4) is 0 Å². The summed E-state index contributed by atoms with van der Waals surface area (Å²) in [5.74, 6) is -0.267. The van der Waals surface area contributed by atoms with Gasteiger partial charge in [-0.2, -0.15) is 0 Å². The van der Waals surface area contributed by atoms with E-state index < -0.39 is 0 Å². The zero-order valence-electron chi connectivity index (χ0n) is 18.7. The molecule has 0 bridgehead atoms. The summed E-state index contributed by atoms with van der Waals surface area (Å²) < 4.78 is 0. The van der Waals surface area contributed by atoms with Crippen LogP contribution in [0.1, 0.15) is 65.1 Å². The fourth-order valence-electron chi connectivity index (χ4n) is 3.21. The smallest absolute Gasteiger partial charge is 0.255 e. The highest BCUT2D eigenvalue weighted by Crippen LogP contribution is 2.22. The highest BCUT2D eigenvalue weighted by Gasteiger charge is 2.14. The number of benzene rings is 3. The van der Waals surface area contributed by atoms with Gasteiger partial charge in [-0.3, -0.25) is 9.59 Å². The Morgan fingerprint density at radius 2 is 1.23 bits per heavy atom. The van der Waals surface area contributed by atoms with Gasteiger partial charge in [0.1, 0.15) is 0 Å². The maximum Gasteiger partial charge on any atom is 0.255 e. The number of aryl methyl sites for hydroxylation is 1. The zero-order valence-corrected chi connectivity index (χ0v) is 18.7. The lowest BCUT2D eigenvalue weighted by Crippen LogP contribution is -2.23. The molecule has 0 saturated heterocycles. The summed E-state index contributed by atoms with van der Waals surface area (Å²) in [7, 11) is 0. The first-order chi connectivity index (χ1) is 14.8. The number of carbonyl (C=O) groups excluding carboxylic acids is 2. The lowest BCUT2D eigenvalue weighted by atomic mass is 9.87. The molecule has 4 nitrogen and oxygen atoms in total. The van der Waals surface area contributed by atoms with Crippen molar-refractivity contribution in [2.75, 3.05) is 5.32 Å². The molecule has 2 N–H and O–H groups in total. The lowest BCUT2D eigenvalue weighted by Gasteiger charge is -2.19. The molecule has 0 aromatic heterocycles. The zero-order chi connectivity index (χ0) is 22.4. The molecule has 0 aliphatic heterocycles. The average molecular weight is 415 g/mol. The first-order valence-electron chi connectivity index (χ1n) is 10.6. The Morgan fingerprint density at radius 3 is 1.77 bits per heavy atom. The van der Waals surface area contributed by atoms with Crippen LogP contribution in [0.2, 0.25) is 0 Å². The van der Waals surface area contributed by atoms with Gasteiger partial charge in [0, 0.05) is 23.4 Å². The van der Waals surface area contributed by atoms with Crippen molar-refractivity contribution in [2.24, 2.45) is 0 Å². The van der Waals surface area contributed by atoms with Crippen LogP contribution in [-0.4, -0.2) is 11.8 Å². The summed E-state index contributed by atoms with van der Waals surface area (Å²) in [6.07, 6.45) is 0.967. The summed E-state index contributed by atoms with van der Waals surface area (Å²) in [5, 5.41) is 5.84. The molecule has 0 heterocycles. The number of carbonyl (C=O) groups is 2. The van der Waals surface area contributed by atoms with E-state index in [-0.39, 0.29) is 17.2 Å². The van der Waals surface area contributed by atoms with Crippen molar-refractivity contribution in [3.63, 3.8) is 0 Å². The second-order valence-electron chi connectivity index (χ2n) is 8.71. The molecular formula is C27H30N2O2. The fourth-order valence-corrected chi connectivity index (χ4v) is 3.21. The maximum atomic E-state index is 12.4. The van der Waals surface area contributed by atoms with Crippen molar-refractivity contribution in [1.82, 2.24) is 5.32 Å². The normalized spacial score (nSPS) is 11.1. The predicted molar refractivity (Wildman–Crippen MR) is 127 cm³/mol. The molecule has 3 rings (SSSR count). The molecule has 0 unspecified atom stereocenters. The van der Waals surface area contributed by atoms with Crippen LogP contribution in [0.25, 0.3) is 0 Å². The van der Waals surface area contributed by atoms with Gasteiger partial charge in [-0.05, 0) is 64.9 Å². The Kier molecular flexibility index (Phi) is 6.91. The minimum Gasteiger partial charge on any atom is -0.348 e. The van der Waals surface area contributed by atoms with Gasteiger partial charge in [-0.15, -0.1) is 0 Å². The van der Waals surface area contributed by atoms with E-state index in [1.807, 2.05) is 60.7 Å². The van der Waals surface area contributed by atoms with Gasteiger partial charge in [0.25, 0.3) is 11.8 Å². The monoisotopic (exact) mass is 414 g/mol. The van der Waals surface area contributed by atoms with Crippen LogP contribution >= 0.6 is 0 Å². The summed E-state index contributed by atoms with van der Waals surface area (Å²) in [6, 6.07) is 22.8. The number of nitrogens with one attached hydrogen (secondary N) is 2. The molecule has 2 amide bonds.